The van der Waals surface area contributed by atoms with Gasteiger partial charge in [0.1, 0.15) is 5.76 Å². The van der Waals surface area contributed by atoms with Crippen molar-refractivity contribution >= 4 is 22.6 Å². The zero-order valence-electron chi connectivity index (χ0n) is 7.23. The molecule has 0 heterocycles. The van der Waals surface area contributed by atoms with Crippen LogP contribution in [-0.2, 0) is 4.74 Å². The molecule has 1 nitrogen and oxygen atoms in total. The summed E-state index contributed by atoms with van der Waals surface area (Å²) in [5, 5.41) is 0. The molecule has 0 saturated carbocycles. The van der Waals surface area contributed by atoms with Crippen LogP contribution >= 0.6 is 22.6 Å². The van der Waals surface area contributed by atoms with Gasteiger partial charge in [0.25, 0.3) is 0 Å². The predicted molar refractivity (Wildman–Crippen MR) is 53.5 cm³/mol. The highest BCUT2D eigenvalue weighted by atomic mass is 127. The Bertz CT molecular complexity index is 206. The van der Waals surface area contributed by atoms with Gasteiger partial charge in [-0.25, -0.2) is 0 Å². The second-order valence-electron chi connectivity index (χ2n) is 2.28. The lowest BCUT2D eigenvalue weighted by molar-refractivity contribution is -0.303. The summed E-state index contributed by atoms with van der Waals surface area (Å²) >= 11 is 2.08. The molecule has 1 unspecified atom stereocenters. The van der Waals surface area contributed by atoms with E-state index in [0.717, 1.165) is 0 Å². The summed E-state index contributed by atoms with van der Waals surface area (Å²) in [5.74, 6) is -0.184. The molecular formula is C8H10F3IO. The number of hydrogen-bond acceptors (Lipinski definition) is 1. The van der Waals surface area contributed by atoms with Gasteiger partial charge in [-0.1, -0.05) is 28.7 Å². The number of ether oxygens (including phenoxy) is 1. The number of rotatable bonds is 3. The maximum Gasteiger partial charge on any atom is 0.573 e. The van der Waals surface area contributed by atoms with Crippen LogP contribution in [0.2, 0.25) is 0 Å². The lowest BCUT2D eigenvalue weighted by Crippen LogP contribution is -2.12. The molecule has 0 aliphatic heterocycles. The van der Waals surface area contributed by atoms with Crippen LogP contribution in [0.15, 0.2) is 24.0 Å². The maximum atomic E-state index is 11.7. The molecule has 0 aliphatic rings. The number of halogens is 4. The summed E-state index contributed by atoms with van der Waals surface area (Å²) in [7, 11) is 0. The Morgan fingerprint density at radius 2 is 2.00 bits per heavy atom. The van der Waals surface area contributed by atoms with Crippen LogP contribution in [0.1, 0.15) is 13.8 Å². The third-order valence-corrected chi connectivity index (χ3v) is 1.46. The zero-order valence-corrected chi connectivity index (χ0v) is 9.39. The highest BCUT2D eigenvalue weighted by Gasteiger charge is 2.31. The van der Waals surface area contributed by atoms with Crippen molar-refractivity contribution in [1.29, 1.82) is 0 Å². The Balaban J connectivity index is 4.23. The Hall–Kier alpha value is -0.200. The number of allylic oxidation sites excluding steroid dienone is 3. The molecule has 0 aromatic heterocycles. The number of alkyl halides is 4. The molecular weight excluding hydrogens is 296 g/mol. The minimum atomic E-state index is -4.61. The van der Waals surface area contributed by atoms with Crippen molar-refractivity contribution in [2.45, 2.75) is 24.1 Å². The molecule has 0 bridgehead atoms. The van der Waals surface area contributed by atoms with Gasteiger partial charge in [-0.15, -0.1) is 13.2 Å². The van der Waals surface area contributed by atoms with E-state index in [9.17, 15) is 13.2 Å². The van der Waals surface area contributed by atoms with E-state index in [-0.39, 0.29) is 9.68 Å². The van der Waals surface area contributed by atoms with Gasteiger partial charge in [0.15, 0.2) is 0 Å². The van der Waals surface area contributed by atoms with Crippen LogP contribution in [0.25, 0.3) is 0 Å². The molecule has 1 atom stereocenters. The Morgan fingerprint density at radius 3 is 2.31 bits per heavy atom. The fourth-order valence-corrected chi connectivity index (χ4v) is 0.758. The van der Waals surface area contributed by atoms with E-state index in [1.54, 1.807) is 6.08 Å². The SMILES string of the molecule is C/C=C(\C=C/C(C)I)OC(F)(F)F. The third-order valence-electron chi connectivity index (χ3n) is 1.04. The first-order valence-electron chi connectivity index (χ1n) is 3.59. The van der Waals surface area contributed by atoms with E-state index in [4.69, 9.17) is 0 Å². The average Bonchev–Trinajstić information content (AvgIpc) is 1.95. The van der Waals surface area contributed by atoms with E-state index in [1.165, 1.54) is 19.1 Å². The Kier molecular flexibility index (Phi) is 5.43. The van der Waals surface area contributed by atoms with Crippen molar-refractivity contribution in [3.8, 4) is 0 Å². The molecule has 0 aromatic carbocycles. The summed E-state index contributed by atoms with van der Waals surface area (Å²) in [6.45, 7) is 3.35. The van der Waals surface area contributed by atoms with Gasteiger partial charge >= 0.3 is 6.36 Å². The topological polar surface area (TPSA) is 9.23 Å². The van der Waals surface area contributed by atoms with Crippen LogP contribution < -0.4 is 0 Å². The van der Waals surface area contributed by atoms with Crippen LogP contribution in [0.3, 0.4) is 0 Å². The second-order valence-corrected chi connectivity index (χ2v) is 4.24. The standard InChI is InChI=1S/C8H10F3IO/c1-3-7(5-4-6(2)12)13-8(9,10)11/h3-6H,1-2H3/b5-4-,7-3+. The predicted octanol–water partition coefficient (Wildman–Crippen LogP) is 3.81. The number of hydrogen-bond donors (Lipinski definition) is 0. The quantitative estimate of drug-likeness (QED) is 0.333. The molecule has 0 amide bonds. The van der Waals surface area contributed by atoms with Gasteiger partial charge in [-0.05, 0) is 26.0 Å². The fourth-order valence-electron chi connectivity index (χ4n) is 0.550. The molecule has 5 heteroatoms. The summed E-state index contributed by atoms with van der Waals surface area (Å²) in [6, 6.07) is 0. The molecule has 0 rings (SSSR count). The molecule has 76 valence electrons. The Labute approximate surface area is 88.8 Å². The Morgan fingerprint density at radius 1 is 1.46 bits per heavy atom. The van der Waals surface area contributed by atoms with E-state index in [1.807, 2.05) is 6.92 Å². The largest absolute Gasteiger partial charge is 0.573 e. The van der Waals surface area contributed by atoms with Gasteiger partial charge in [0, 0.05) is 3.92 Å². The summed E-state index contributed by atoms with van der Waals surface area (Å²) in [5.41, 5.74) is 0. The molecule has 0 spiro atoms. The summed E-state index contributed by atoms with van der Waals surface area (Å²) in [4.78, 5) is 0. The minimum Gasteiger partial charge on any atom is -0.406 e. The molecule has 0 aliphatic carbocycles. The highest BCUT2D eigenvalue weighted by molar-refractivity contribution is 14.1. The average molecular weight is 306 g/mol. The minimum absolute atomic E-state index is 0.171. The molecule has 0 saturated heterocycles. The molecule has 0 fully saturated rings. The lowest BCUT2D eigenvalue weighted by Gasteiger charge is -2.08. The van der Waals surface area contributed by atoms with Gasteiger partial charge < -0.3 is 4.74 Å². The van der Waals surface area contributed by atoms with E-state index < -0.39 is 6.36 Å². The monoisotopic (exact) mass is 306 g/mol. The van der Waals surface area contributed by atoms with Crippen LogP contribution in [0, 0.1) is 0 Å². The highest BCUT2D eigenvalue weighted by Crippen LogP contribution is 2.21. The lowest BCUT2D eigenvalue weighted by atomic mass is 10.3. The zero-order chi connectivity index (χ0) is 10.5. The molecule has 13 heavy (non-hydrogen) atoms. The van der Waals surface area contributed by atoms with E-state index >= 15 is 0 Å². The smallest absolute Gasteiger partial charge is 0.406 e. The summed E-state index contributed by atoms with van der Waals surface area (Å²) in [6.07, 6.45) is -0.407. The van der Waals surface area contributed by atoms with Crippen molar-refractivity contribution in [3.05, 3.63) is 24.0 Å². The van der Waals surface area contributed by atoms with Crippen molar-refractivity contribution in [2.75, 3.05) is 0 Å². The third kappa shape index (κ3) is 8.14. The maximum absolute atomic E-state index is 11.7. The van der Waals surface area contributed by atoms with Crippen LogP contribution in [0.5, 0.6) is 0 Å². The van der Waals surface area contributed by atoms with Crippen molar-refractivity contribution in [2.24, 2.45) is 0 Å². The first-order chi connectivity index (χ1) is 5.85. The van der Waals surface area contributed by atoms with Crippen molar-refractivity contribution in [1.82, 2.24) is 0 Å². The van der Waals surface area contributed by atoms with Crippen LogP contribution in [0.4, 0.5) is 13.2 Å². The molecule has 0 radical (unpaired) electrons. The normalized spacial score (nSPS) is 16.3. The van der Waals surface area contributed by atoms with Gasteiger partial charge in [0.2, 0.25) is 0 Å². The summed E-state index contributed by atoms with van der Waals surface area (Å²) < 4.78 is 39.0. The van der Waals surface area contributed by atoms with E-state index in [0.29, 0.717) is 0 Å². The fraction of sp³-hybridized carbons (Fsp3) is 0.500. The van der Waals surface area contributed by atoms with Crippen molar-refractivity contribution in [3.63, 3.8) is 0 Å². The second kappa shape index (κ2) is 5.51. The molecule has 0 N–H and O–H groups in total. The molecule has 0 aromatic rings. The van der Waals surface area contributed by atoms with Crippen LogP contribution in [-0.4, -0.2) is 10.3 Å². The first kappa shape index (κ1) is 12.8. The van der Waals surface area contributed by atoms with Crippen molar-refractivity contribution < 1.29 is 17.9 Å². The van der Waals surface area contributed by atoms with Gasteiger partial charge in [0.05, 0.1) is 0 Å². The van der Waals surface area contributed by atoms with E-state index in [2.05, 4.69) is 27.3 Å². The van der Waals surface area contributed by atoms with Gasteiger partial charge in [-0.2, -0.15) is 0 Å². The first-order valence-corrected chi connectivity index (χ1v) is 4.84. The van der Waals surface area contributed by atoms with Gasteiger partial charge in [-0.3, -0.25) is 0 Å².